The van der Waals surface area contributed by atoms with Crippen molar-refractivity contribution in [2.45, 2.75) is 17.4 Å². The largest absolute Gasteiger partial charge is 0.351 e. The van der Waals surface area contributed by atoms with E-state index in [1.807, 2.05) is 49.3 Å². The third-order valence-electron chi connectivity index (χ3n) is 3.84. The molecule has 0 saturated heterocycles. The number of nitrogens with two attached hydrogens (primary N) is 1. The number of amides is 1. The summed E-state index contributed by atoms with van der Waals surface area (Å²) in [4.78, 5) is 14.0. The molecule has 0 fully saturated rings. The van der Waals surface area contributed by atoms with Gasteiger partial charge >= 0.3 is 0 Å². The third kappa shape index (κ3) is 5.35. The molecular formula is C18H22FN3O3S. The zero-order valence-corrected chi connectivity index (χ0v) is 15.5. The molecule has 0 bridgehead atoms. The molecule has 140 valence electrons. The van der Waals surface area contributed by atoms with E-state index in [0.717, 1.165) is 17.7 Å². The highest BCUT2D eigenvalue weighted by Crippen LogP contribution is 2.18. The second kappa shape index (κ2) is 8.39. The van der Waals surface area contributed by atoms with Gasteiger partial charge in [-0.1, -0.05) is 36.4 Å². The second-order valence-corrected chi connectivity index (χ2v) is 7.78. The van der Waals surface area contributed by atoms with E-state index in [2.05, 4.69) is 5.32 Å². The van der Waals surface area contributed by atoms with Gasteiger partial charge in [-0.15, -0.1) is 0 Å². The van der Waals surface area contributed by atoms with Crippen molar-refractivity contribution in [2.24, 2.45) is 5.14 Å². The van der Waals surface area contributed by atoms with E-state index in [0.29, 0.717) is 12.1 Å². The van der Waals surface area contributed by atoms with E-state index in [1.54, 1.807) is 0 Å². The summed E-state index contributed by atoms with van der Waals surface area (Å²) >= 11 is 0. The number of halogens is 1. The van der Waals surface area contributed by atoms with Crippen LogP contribution in [0.2, 0.25) is 0 Å². The predicted octanol–water partition coefficient (Wildman–Crippen LogP) is 1.43. The number of primary sulfonamides is 1. The summed E-state index contributed by atoms with van der Waals surface area (Å²) in [5, 5.41) is 7.78. The van der Waals surface area contributed by atoms with Crippen molar-refractivity contribution in [3.05, 3.63) is 65.5 Å². The molecule has 3 N–H and O–H groups in total. The van der Waals surface area contributed by atoms with Crippen LogP contribution in [0, 0.1) is 5.82 Å². The number of sulfonamides is 1. The molecule has 0 heterocycles. The monoisotopic (exact) mass is 379 g/mol. The number of benzene rings is 2. The maximum atomic E-state index is 13.6. The van der Waals surface area contributed by atoms with E-state index >= 15 is 0 Å². The first kappa shape index (κ1) is 20.0. The minimum atomic E-state index is -4.16. The number of carbonyl (C=O) groups is 1. The summed E-state index contributed by atoms with van der Waals surface area (Å²) in [7, 11) is -0.411. The average Bonchev–Trinajstić information content (AvgIpc) is 2.58. The standard InChI is InChI=1S/C18H22FN3O3S/c1-22(2)12-15(14-6-4-3-5-7-14)18(23)21-11-13-8-9-16(19)17(10-13)26(20,24)25/h3-10,15H,11-12H2,1-2H3,(H,21,23)(H2,20,24,25). The SMILES string of the molecule is CN(C)CC(C(=O)NCc1ccc(F)c(S(N)(=O)=O)c1)c1ccccc1. The molecule has 26 heavy (non-hydrogen) atoms. The van der Waals surface area contributed by atoms with Crippen LogP contribution in [0.15, 0.2) is 53.4 Å². The Bertz CT molecular complexity index is 871. The summed E-state index contributed by atoms with van der Waals surface area (Å²) < 4.78 is 36.4. The van der Waals surface area contributed by atoms with Crippen LogP contribution < -0.4 is 10.5 Å². The number of carbonyl (C=O) groups excluding carboxylic acids is 1. The first-order valence-electron chi connectivity index (χ1n) is 7.97. The molecule has 0 spiro atoms. The van der Waals surface area contributed by atoms with E-state index in [9.17, 15) is 17.6 Å². The summed E-state index contributed by atoms with van der Waals surface area (Å²) in [5.74, 6) is -1.51. The lowest BCUT2D eigenvalue weighted by molar-refractivity contribution is -0.123. The molecule has 0 radical (unpaired) electrons. The molecular weight excluding hydrogens is 357 g/mol. The molecule has 1 unspecified atom stereocenters. The highest BCUT2D eigenvalue weighted by atomic mass is 32.2. The Morgan fingerprint density at radius 2 is 1.85 bits per heavy atom. The highest BCUT2D eigenvalue weighted by Gasteiger charge is 2.21. The molecule has 0 aliphatic rings. The second-order valence-electron chi connectivity index (χ2n) is 6.25. The van der Waals surface area contributed by atoms with E-state index < -0.39 is 20.7 Å². The number of hydrogen-bond acceptors (Lipinski definition) is 4. The molecule has 0 aromatic heterocycles. The summed E-state index contributed by atoms with van der Waals surface area (Å²) in [5.41, 5.74) is 1.32. The summed E-state index contributed by atoms with van der Waals surface area (Å²) in [6, 6.07) is 12.9. The van der Waals surface area contributed by atoms with Crippen molar-refractivity contribution in [2.75, 3.05) is 20.6 Å². The fourth-order valence-corrected chi connectivity index (χ4v) is 3.23. The van der Waals surface area contributed by atoms with E-state index in [4.69, 9.17) is 5.14 Å². The Morgan fingerprint density at radius 1 is 1.19 bits per heavy atom. The van der Waals surface area contributed by atoms with Gasteiger partial charge in [-0.3, -0.25) is 4.79 Å². The number of nitrogens with zero attached hydrogens (tertiary/aromatic N) is 1. The van der Waals surface area contributed by atoms with Gasteiger partial charge in [0.2, 0.25) is 15.9 Å². The van der Waals surface area contributed by atoms with Crippen molar-refractivity contribution in [1.82, 2.24) is 10.2 Å². The van der Waals surface area contributed by atoms with Crippen molar-refractivity contribution in [3.8, 4) is 0 Å². The Morgan fingerprint density at radius 3 is 2.42 bits per heavy atom. The van der Waals surface area contributed by atoms with Crippen LogP contribution in [-0.2, 0) is 21.4 Å². The Labute approximate surface area is 152 Å². The zero-order chi connectivity index (χ0) is 19.3. The van der Waals surface area contributed by atoms with Crippen LogP contribution in [0.25, 0.3) is 0 Å². The first-order valence-corrected chi connectivity index (χ1v) is 9.51. The Hall–Kier alpha value is -2.29. The van der Waals surface area contributed by atoms with Crippen molar-refractivity contribution < 1.29 is 17.6 Å². The van der Waals surface area contributed by atoms with Crippen LogP contribution in [0.3, 0.4) is 0 Å². The maximum Gasteiger partial charge on any atom is 0.240 e. The molecule has 2 aromatic rings. The zero-order valence-electron chi connectivity index (χ0n) is 14.6. The van der Waals surface area contributed by atoms with Gasteiger partial charge in [0.1, 0.15) is 10.7 Å². The van der Waals surface area contributed by atoms with Crippen LogP contribution >= 0.6 is 0 Å². The molecule has 2 aromatic carbocycles. The Balaban J connectivity index is 2.15. The van der Waals surface area contributed by atoms with Gasteiger partial charge in [0.25, 0.3) is 0 Å². The van der Waals surface area contributed by atoms with E-state index in [1.165, 1.54) is 6.07 Å². The van der Waals surface area contributed by atoms with Crippen molar-refractivity contribution in [3.63, 3.8) is 0 Å². The van der Waals surface area contributed by atoms with Gasteiger partial charge < -0.3 is 10.2 Å². The lowest BCUT2D eigenvalue weighted by Crippen LogP contribution is -2.34. The average molecular weight is 379 g/mol. The number of rotatable bonds is 7. The van der Waals surface area contributed by atoms with Crippen molar-refractivity contribution >= 4 is 15.9 Å². The maximum absolute atomic E-state index is 13.6. The lowest BCUT2D eigenvalue weighted by Gasteiger charge is -2.21. The molecule has 6 nitrogen and oxygen atoms in total. The fourth-order valence-electron chi connectivity index (χ4n) is 2.58. The summed E-state index contributed by atoms with van der Waals surface area (Å²) in [6.07, 6.45) is 0. The first-order chi connectivity index (χ1) is 12.2. The smallest absolute Gasteiger partial charge is 0.240 e. The molecule has 1 atom stereocenters. The number of nitrogens with one attached hydrogen (secondary N) is 1. The van der Waals surface area contributed by atoms with Crippen LogP contribution in [0.1, 0.15) is 17.0 Å². The number of likely N-dealkylation sites (N-methyl/N-ethyl adjacent to an activating group) is 1. The van der Waals surface area contributed by atoms with Gasteiger partial charge in [0.05, 0.1) is 5.92 Å². The molecule has 1 amide bonds. The summed E-state index contributed by atoms with van der Waals surface area (Å²) in [6.45, 7) is 0.583. The minimum absolute atomic E-state index is 0.0679. The van der Waals surface area contributed by atoms with Gasteiger partial charge in [-0.2, -0.15) is 0 Å². The van der Waals surface area contributed by atoms with Gasteiger partial charge in [0, 0.05) is 13.1 Å². The molecule has 8 heteroatoms. The molecule has 0 aliphatic carbocycles. The van der Waals surface area contributed by atoms with Crippen LogP contribution in [0.5, 0.6) is 0 Å². The Kier molecular flexibility index (Phi) is 6.47. The minimum Gasteiger partial charge on any atom is -0.351 e. The molecule has 0 saturated carbocycles. The lowest BCUT2D eigenvalue weighted by atomic mass is 9.97. The van der Waals surface area contributed by atoms with E-state index in [-0.39, 0.29) is 18.4 Å². The predicted molar refractivity (Wildman–Crippen MR) is 97.4 cm³/mol. The topological polar surface area (TPSA) is 92.5 Å². The normalized spacial score (nSPS) is 12.8. The van der Waals surface area contributed by atoms with Crippen LogP contribution in [0.4, 0.5) is 4.39 Å². The third-order valence-corrected chi connectivity index (χ3v) is 4.76. The molecule has 0 aliphatic heterocycles. The molecule has 2 rings (SSSR count). The van der Waals surface area contributed by atoms with Gasteiger partial charge in [-0.25, -0.2) is 17.9 Å². The van der Waals surface area contributed by atoms with Gasteiger partial charge in [0.15, 0.2) is 0 Å². The van der Waals surface area contributed by atoms with Crippen molar-refractivity contribution in [1.29, 1.82) is 0 Å². The van der Waals surface area contributed by atoms with Crippen LogP contribution in [-0.4, -0.2) is 39.9 Å². The quantitative estimate of drug-likeness (QED) is 0.761. The van der Waals surface area contributed by atoms with Gasteiger partial charge in [-0.05, 0) is 37.4 Å². The fraction of sp³-hybridized carbons (Fsp3) is 0.278. The number of hydrogen-bond donors (Lipinski definition) is 2. The highest BCUT2D eigenvalue weighted by molar-refractivity contribution is 7.89.